The van der Waals surface area contributed by atoms with Gasteiger partial charge in [-0.3, -0.25) is 0 Å². The Kier molecular flexibility index (Phi) is 2.54. The van der Waals surface area contributed by atoms with E-state index in [4.69, 9.17) is 4.74 Å². The molecule has 5 atom stereocenters. The molecule has 0 aromatic carbocycles. The van der Waals surface area contributed by atoms with Crippen LogP contribution in [0.3, 0.4) is 0 Å². The first kappa shape index (κ1) is 11.3. The number of fused-ring (bicyclic) bond motifs is 2. The first-order chi connectivity index (χ1) is 8.12. The molecule has 5 unspecified atom stereocenters. The average Bonchev–Trinajstić information content (AvgIpc) is 2.26. The lowest BCUT2D eigenvalue weighted by Gasteiger charge is -2.55. The second-order valence-electron chi connectivity index (χ2n) is 6.09. The zero-order valence-electron chi connectivity index (χ0n) is 10.1. The maximum Gasteiger partial charge on any atom is 0.330 e. The van der Waals surface area contributed by atoms with E-state index in [0.717, 1.165) is 19.3 Å². The highest BCUT2D eigenvalue weighted by atomic mass is 16.6. The van der Waals surface area contributed by atoms with Crippen molar-refractivity contribution in [3.05, 3.63) is 12.7 Å². The van der Waals surface area contributed by atoms with Crippen molar-refractivity contribution in [1.29, 1.82) is 0 Å². The van der Waals surface area contributed by atoms with Gasteiger partial charge in [-0.2, -0.15) is 0 Å². The van der Waals surface area contributed by atoms with Crippen LogP contribution >= 0.6 is 0 Å². The summed E-state index contributed by atoms with van der Waals surface area (Å²) in [7, 11) is 0. The fourth-order valence-electron chi connectivity index (χ4n) is 4.48. The molecule has 3 aliphatic rings. The molecule has 0 radical (unpaired) electrons. The molecule has 94 valence electrons. The van der Waals surface area contributed by atoms with E-state index in [-0.39, 0.29) is 12.1 Å². The first-order valence-electron chi connectivity index (χ1n) is 6.65. The molecule has 0 aromatic rings. The van der Waals surface area contributed by atoms with Crippen LogP contribution in [0.25, 0.3) is 0 Å². The maximum atomic E-state index is 11.5. The molecule has 0 saturated heterocycles. The molecule has 0 aromatic heterocycles. The smallest absolute Gasteiger partial charge is 0.330 e. The minimum atomic E-state index is -0.394. The number of hydrogen-bond donors (Lipinski definition) is 1. The van der Waals surface area contributed by atoms with Crippen molar-refractivity contribution in [3.8, 4) is 0 Å². The molecule has 0 heterocycles. The third-order valence-electron chi connectivity index (χ3n) is 5.00. The minimum Gasteiger partial charge on any atom is -0.456 e. The SMILES string of the molecule is C=CC(=O)OC12CC3CCC(C(O)C1)C(C3)C2. The zero-order chi connectivity index (χ0) is 12.0. The molecule has 3 heteroatoms. The number of hydrogen-bond acceptors (Lipinski definition) is 3. The Morgan fingerprint density at radius 2 is 2.18 bits per heavy atom. The van der Waals surface area contributed by atoms with Crippen LogP contribution in [-0.2, 0) is 9.53 Å². The molecule has 3 nitrogen and oxygen atoms in total. The summed E-state index contributed by atoms with van der Waals surface area (Å²) in [5, 5.41) is 10.2. The van der Waals surface area contributed by atoms with Gasteiger partial charge in [0.05, 0.1) is 6.10 Å². The predicted molar refractivity (Wildman–Crippen MR) is 63.2 cm³/mol. The van der Waals surface area contributed by atoms with E-state index in [1.54, 1.807) is 0 Å². The number of carbonyl (C=O) groups excluding carboxylic acids is 1. The van der Waals surface area contributed by atoms with E-state index in [9.17, 15) is 9.90 Å². The fourth-order valence-corrected chi connectivity index (χ4v) is 4.48. The quantitative estimate of drug-likeness (QED) is 0.589. The molecular weight excluding hydrogens is 216 g/mol. The number of carbonyl (C=O) groups is 1. The third kappa shape index (κ3) is 1.81. The van der Waals surface area contributed by atoms with Gasteiger partial charge >= 0.3 is 5.97 Å². The second kappa shape index (κ2) is 3.84. The van der Waals surface area contributed by atoms with Gasteiger partial charge in [-0.15, -0.1) is 0 Å². The van der Waals surface area contributed by atoms with Gasteiger partial charge in [-0.1, -0.05) is 6.58 Å². The Balaban J connectivity index is 1.85. The number of ether oxygens (including phenoxy) is 1. The van der Waals surface area contributed by atoms with E-state index in [1.165, 1.54) is 18.9 Å². The molecule has 3 saturated carbocycles. The Labute approximate surface area is 102 Å². The van der Waals surface area contributed by atoms with Gasteiger partial charge in [-0.05, 0) is 49.9 Å². The second-order valence-corrected chi connectivity index (χ2v) is 6.09. The van der Waals surface area contributed by atoms with E-state index in [2.05, 4.69) is 6.58 Å². The lowest BCUT2D eigenvalue weighted by molar-refractivity contribution is -0.190. The number of aliphatic hydroxyl groups excluding tert-OH is 1. The summed E-state index contributed by atoms with van der Waals surface area (Å²) in [6.45, 7) is 3.46. The largest absolute Gasteiger partial charge is 0.456 e. The average molecular weight is 236 g/mol. The lowest BCUT2D eigenvalue weighted by Crippen LogP contribution is -2.55. The Bertz CT molecular complexity index is 342. The van der Waals surface area contributed by atoms with Gasteiger partial charge in [-0.25, -0.2) is 4.79 Å². The van der Waals surface area contributed by atoms with Crippen LogP contribution in [0.1, 0.15) is 38.5 Å². The molecule has 3 bridgehead atoms. The van der Waals surface area contributed by atoms with E-state index >= 15 is 0 Å². The van der Waals surface area contributed by atoms with Crippen LogP contribution in [-0.4, -0.2) is 22.8 Å². The van der Waals surface area contributed by atoms with Gasteiger partial charge in [0.2, 0.25) is 0 Å². The topological polar surface area (TPSA) is 46.5 Å². The number of aliphatic hydroxyl groups is 1. The Morgan fingerprint density at radius 3 is 2.94 bits per heavy atom. The fraction of sp³-hybridized carbons (Fsp3) is 0.786. The van der Waals surface area contributed by atoms with Crippen LogP contribution in [0, 0.1) is 17.8 Å². The molecule has 0 spiro atoms. The summed E-state index contributed by atoms with van der Waals surface area (Å²) < 4.78 is 5.60. The van der Waals surface area contributed by atoms with Crippen LogP contribution < -0.4 is 0 Å². The van der Waals surface area contributed by atoms with Crippen LogP contribution in [0.4, 0.5) is 0 Å². The summed E-state index contributed by atoms with van der Waals surface area (Å²) in [4.78, 5) is 11.5. The van der Waals surface area contributed by atoms with Gasteiger partial charge in [0, 0.05) is 12.5 Å². The predicted octanol–water partition coefficient (Wildman–Crippen LogP) is 2.05. The summed E-state index contributed by atoms with van der Waals surface area (Å²) in [6, 6.07) is 0. The van der Waals surface area contributed by atoms with Crippen LogP contribution in [0.5, 0.6) is 0 Å². The lowest BCUT2D eigenvalue weighted by atomic mass is 9.55. The van der Waals surface area contributed by atoms with E-state index in [1.807, 2.05) is 0 Å². The van der Waals surface area contributed by atoms with Gasteiger partial charge < -0.3 is 9.84 Å². The normalized spacial score (nSPS) is 47.6. The monoisotopic (exact) mass is 236 g/mol. The maximum absolute atomic E-state index is 11.5. The van der Waals surface area contributed by atoms with Gasteiger partial charge in [0.15, 0.2) is 0 Å². The van der Waals surface area contributed by atoms with Crippen molar-refractivity contribution >= 4 is 5.97 Å². The van der Waals surface area contributed by atoms with Crippen molar-refractivity contribution in [2.45, 2.75) is 50.2 Å². The molecule has 0 amide bonds. The van der Waals surface area contributed by atoms with Crippen molar-refractivity contribution in [2.24, 2.45) is 17.8 Å². The van der Waals surface area contributed by atoms with Gasteiger partial charge in [0.1, 0.15) is 5.60 Å². The molecule has 17 heavy (non-hydrogen) atoms. The molecular formula is C14H20O3. The summed E-state index contributed by atoms with van der Waals surface area (Å²) >= 11 is 0. The van der Waals surface area contributed by atoms with Crippen molar-refractivity contribution in [3.63, 3.8) is 0 Å². The Morgan fingerprint density at radius 1 is 1.35 bits per heavy atom. The molecule has 3 fully saturated rings. The summed E-state index contributed by atoms with van der Waals surface area (Å²) in [6.07, 6.45) is 7.02. The molecule has 0 aliphatic heterocycles. The van der Waals surface area contributed by atoms with E-state index in [0.29, 0.717) is 24.2 Å². The standard InChI is InChI=1S/C14H20O3/c1-2-13(16)17-14-6-9-3-4-11(12(15)8-14)10(5-9)7-14/h2,9-12,15H,1,3-8H2. The van der Waals surface area contributed by atoms with Crippen molar-refractivity contribution in [2.75, 3.05) is 0 Å². The van der Waals surface area contributed by atoms with E-state index < -0.39 is 5.60 Å². The molecule has 1 N–H and O–H groups in total. The zero-order valence-corrected chi connectivity index (χ0v) is 10.1. The highest BCUT2D eigenvalue weighted by Gasteiger charge is 2.54. The van der Waals surface area contributed by atoms with Gasteiger partial charge in [0.25, 0.3) is 0 Å². The number of rotatable bonds is 2. The summed E-state index contributed by atoms with van der Waals surface area (Å²) in [5.74, 6) is 1.36. The van der Waals surface area contributed by atoms with Crippen molar-refractivity contribution < 1.29 is 14.6 Å². The first-order valence-corrected chi connectivity index (χ1v) is 6.65. The number of esters is 1. The molecule has 3 rings (SSSR count). The highest BCUT2D eigenvalue weighted by Crippen LogP contribution is 2.55. The third-order valence-corrected chi connectivity index (χ3v) is 5.00. The van der Waals surface area contributed by atoms with Crippen LogP contribution in [0.15, 0.2) is 12.7 Å². The summed E-state index contributed by atoms with van der Waals surface area (Å²) in [5.41, 5.74) is -0.394. The minimum absolute atomic E-state index is 0.285. The van der Waals surface area contributed by atoms with Crippen molar-refractivity contribution in [1.82, 2.24) is 0 Å². The van der Waals surface area contributed by atoms with Crippen LogP contribution in [0.2, 0.25) is 0 Å². The highest BCUT2D eigenvalue weighted by molar-refractivity contribution is 5.81. The molecule has 3 aliphatic carbocycles. The Hall–Kier alpha value is -0.830.